The molecule has 1 aromatic rings. The van der Waals surface area contributed by atoms with Gasteiger partial charge in [-0.2, -0.15) is 8.42 Å². The molecule has 7 heteroatoms. The van der Waals surface area contributed by atoms with Gasteiger partial charge in [-0.1, -0.05) is 6.07 Å². The molecule has 0 bridgehead atoms. The van der Waals surface area contributed by atoms with Crippen LogP contribution in [-0.2, 0) is 10.3 Å². The highest BCUT2D eigenvalue weighted by Crippen LogP contribution is 2.32. The van der Waals surface area contributed by atoms with E-state index in [1.807, 2.05) is 0 Å². The van der Waals surface area contributed by atoms with E-state index >= 15 is 0 Å². The van der Waals surface area contributed by atoms with Crippen molar-refractivity contribution in [2.45, 2.75) is 0 Å². The second-order valence-corrected chi connectivity index (χ2v) is 4.03. The monoisotopic (exact) mass is 228 g/mol. The Kier molecular flexibility index (Phi) is 2.04. The molecule has 0 unspecified atom stereocenters. The third-order valence-corrected chi connectivity index (χ3v) is 2.68. The van der Waals surface area contributed by atoms with Crippen LogP contribution in [0.15, 0.2) is 22.6 Å². The van der Waals surface area contributed by atoms with Crippen molar-refractivity contribution >= 4 is 16.1 Å². The molecular formula is C8H8N2O4S. The summed E-state index contributed by atoms with van der Waals surface area (Å²) in [6, 6.07) is 4.73. The standard InChI is InChI=1S/C8H8N2O4S/c1-13-5-3-2-4-6-7(5)8(9)10-15(11,12)14-6/h2-4H,1H3,(H2,9,10). The maximum Gasteiger partial charge on any atom is 0.430 e. The molecule has 0 saturated heterocycles. The van der Waals surface area contributed by atoms with E-state index in [4.69, 9.17) is 10.5 Å². The number of methoxy groups -OCH3 is 1. The summed E-state index contributed by atoms with van der Waals surface area (Å²) >= 11 is 0. The fourth-order valence-corrected chi connectivity index (χ4v) is 2.04. The summed E-state index contributed by atoms with van der Waals surface area (Å²) in [6.07, 6.45) is 0. The van der Waals surface area contributed by atoms with E-state index < -0.39 is 10.3 Å². The molecule has 1 aliphatic rings. The van der Waals surface area contributed by atoms with E-state index in [1.54, 1.807) is 12.1 Å². The van der Waals surface area contributed by atoms with Gasteiger partial charge in [0.2, 0.25) is 0 Å². The van der Waals surface area contributed by atoms with Gasteiger partial charge in [0.15, 0.2) is 11.6 Å². The van der Waals surface area contributed by atoms with Crippen molar-refractivity contribution < 1.29 is 17.3 Å². The Morgan fingerprint density at radius 1 is 1.47 bits per heavy atom. The highest BCUT2D eigenvalue weighted by Gasteiger charge is 2.26. The smallest absolute Gasteiger partial charge is 0.430 e. The molecule has 0 amide bonds. The molecule has 1 aromatic carbocycles. The van der Waals surface area contributed by atoms with Gasteiger partial charge in [0.25, 0.3) is 0 Å². The maximum absolute atomic E-state index is 11.1. The summed E-state index contributed by atoms with van der Waals surface area (Å²) in [5.41, 5.74) is 5.87. The minimum atomic E-state index is -3.96. The maximum atomic E-state index is 11.1. The third-order valence-electron chi connectivity index (χ3n) is 1.87. The molecule has 2 rings (SSSR count). The second kappa shape index (κ2) is 3.13. The van der Waals surface area contributed by atoms with Crippen molar-refractivity contribution in [3.05, 3.63) is 23.8 Å². The van der Waals surface area contributed by atoms with Gasteiger partial charge in [0.05, 0.1) is 7.11 Å². The van der Waals surface area contributed by atoms with E-state index in [2.05, 4.69) is 8.58 Å². The lowest BCUT2D eigenvalue weighted by Gasteiger charge is -2.16. The zero-order chi connectivity index (χ0) is 11.1. The molecule has 0 atom stereocenters. The fraction of sp³-hybridized carbons (Fsp3) is 0.125. The summed E-state index contributed by atoms with van der Waals surface area (Å²) in [4.78, 5) is 0. The lowest BCUT2D eigenvalue weighted by Crippen LogP contribution is -2.24. The third kappa shape index (κ3) is 1.61. The molecule has 15 heavy (non-hydrogen) atoms. The van der Waals surface area contributed by atoms with Crippen molar-refractivity contribution in [1.29, 1.82) is 0 Å². The summed E-state index contributed by atoms with van der Waals surface area (Å²) in [7, 11) is -2.51. The molecule has 0 radical (unpaired) electrons. The van der Waals surface area contributed by atoms with Crippen molar-refractivity contribution in [3.63, 3.8) is 0 Å². The first-order valence-electron chi connectivity index (χ1n) is 4.01. The number of hydrogen-bond acceptors (Lipinski definition) is 5. The van der Waals surface area contributed by atoms with Crippen molar-refractivity contribution in [2.75, 3.05) is 7.11 Å². The number of fused-ring (bicyclic) bond motifs is 1. The minimum Gasteiger partial charge on any atom is -0.496 e. The van der Waals surface area contributed by atoms with Crippen molar-refractivity contribution in [3.8, 4) is 11.5 Å². The molecule has 0 fully saturated rings. The predicted octanol–water partition coefficient (Wildman–Crippen LogP) is 0.0377. The molecular weight excluding hydrogens is 220 g/mol. The number of hydrogen-bond donors (Lipinski definition) is 1. The van der Waals surface area contributed by atoms with Crippen LogP contribution >= 0.6 is 0 Å². The SMILES string of the molecule is COc1cccc2c1C(N)=NS(=O)(=O)O2. The Labute approximate surface area is 86.6 Å². The van der Waals surface area contributed by atoms with Crippen LogP contribution in [0, 0.1) is 0 Å². The molecule has 1 heterocycles. The summed E-state index contributed by atoms with van der Waals surface area (Å²) in [6.45, 7) is 0. The molecule has 0 aromatic heterocycles. The Hall–Kier alpha value is -1.76. The average Bonchev–Trinajstić information content (AvgIpc) is 2.14. The number of nitrogens with zero attached hydrogens (tertiary/aromatic N) is 1. The fourth-order valence-electron chi connectivity index (χ4n) is 1.30. The van der Waals surface area contributed by atoms with Crippen LogP contribution in [0.1, 0.15) is 5.56 Å². The second-order valence-electron chi connectivity index (χ2n) is 2.82. The van der Waals surface area contributed by atoms with Gasteiger partial charge in [-0.3, -0.25) is 0 Å². The van der Waals surface area contributed by atoms with Crippen LogP contribution in [-0.4, -0.2) is 21.4 Å². The van der Waals surface area contributed by atoms with E-state index in [-0.39, 0.29) is 11.6 Å². The van der Waals surface area contributed by atoms with Crippen LogP contribution in [0.2, 0.25) is 0 Å². The number of rotatable bonds is 1. The van der Waals surface area contributed by atoms with Crippen molar-refractivity contribution in [1.82, 2.24) is 0 Å². The van der Waals surface area contributed by atoms with Crippen LogP contribution in [0.25, 0.3) is 0 Å². The predicted molar refractivity (Wildman–Crippen MR) is 53.3 cm³/mol. The van der Waals surface area contributed by atoms with Gasteiger partial charge < -0.3 is 14.7 Å². The first kappa shape index (κ1) is 9.78. The van der Waals surface area contributed by atoms with Gasteiger partial charge in [-0.05, 0) is 12.1 Å². The van der Waals surface area contributed by atoms with Gasteiger partial charge in [0, 0.05) is 0 Å². The lowest BCUT2D eigenvalue weighted by atomic mass is 10.1. The number of benzene rings is 1. The topological polar surface area (TPSA) is 91.0 Å². The summed E-state index contributed by atoms with van der Waals surface area (Å²) in [5.74, 6) is 0.416. The molecule has 0 aliphatic carbocycles. The molecule has 1 aliphatic heterocycles. The Bertz CT molecular complexity index is 536. The molecule has 80 valence electrons. The summed E-state index contributed by atoms with van der Waals surface area (Å²) < 4.78 is 35.1. The van der Waals surface area contributed by atoms with Crippen LogP contribution < -0.4 is 14.7 Å². The van der Waals surface area contributed by atoms with Gasteiger partial charge >= 0.3 is 10.3 Å². The van der Waals surface area contributed by atoms with Crippen LogP contribution in [0.4, 0.5) is 0 Å². The van der Waals surface area contributed by atoms with E-state index in [0.29, 0.717) is 11.3 Å². The molecule has 0 spiro atoms. The highest BCUT2D eigenvalue weighted by molar-refractivity contribution is 7.86. The van der Waals surface area contributed by atoms with Gasteiger partial charge in [-0.15, -0.1) is 4.40 Å². The number of ether oxygens (including phenoxy) is 1. The van der Waals surface area contributed by atoms with Crippen LogP contribution in [0.3, 0.4) is 0 Å². The normalized spacial score (nSPS) is 17.3. The Morgan fingerprint density at radius 2 is 2.20 bits per heavy atom. The lowest BCUT2D eigenvalue weighted by molar-refractivity contribution is 0.409. The zero-order valence-corrected chi connectivity index (χ0v) is 8.61. The molecule has 0 saturated carbocycles. The summed E-state index contributed by atoms with van der Waals surface area (Å²) in [5, 5.41) is 0. The van der Waals surface area contributed by atoms with E-state index in [9.17, 15) is 8.42 Å². The van der Waals surface area contributed by atoms with E-state index in [0.717, 1.165) is 0 Å². The Morgan fingerprint density at radius 3 is 2.87 bits per heavy atom. The van der Waals surface area contributed by atoms with Crippen LogP contribution in [0.5, 0.6) is 11.5 Å². The average molecular weight is 228 g/mol. The number of amidine groups is 1. The quantitative estimate of drug-likeness (QED) is 0.732. The minimum absolute atomic E-state index is 0.127. The Balaban J connectivity index is 2.70. The van der Waals surface area contributed by atoms with Crippen molar-refractivity contribution in [2.24, 2.45) is 10.1 Å². The first-order valence-corrected chi connectivity index (χ1v) is 5.37. The van der Waals surface area contributed by atoms with Gasteiger partial charge in [0.1, 0.15) is 11.3 Å². The molecule has 2 N–H and O–H groups in total. The first-order chi connectivity index (χ1) is 7.03. The van der Waals surface area contributed by atoms with Gasteiger partial charge in [-0.25, -0.2) is 0 Å². The highest BCUT2D eigenvalue weighted by atomic mass is 32.2. The largest absolute Gasteiger partial charge is 0.496 e. The zero-order valence-electron chi connectivity index (χ0n) is 7.80. The number of nitrogens with two attached hydrogens (primary N) is 1. The molecule has 6 nitrogen and oxygen atoms in total. The van der Waals surface area contributed by atoms with E-state index in [1.165, 1.54) is 13.2 Å².